The van der Waals surface area contributed by atoms with E-state index < -0.39 is 10.2 Å². The van der Waals surface area contributed by atoms with Gasteiger partial charge in [-0.25, -0.2) is 23.2 Å². The molecule has 1 aliphatic heterocycles. The molecule has 8 heteroatoms. The Kier molecular flexibility index (Phi) is 7.79. The lowest BCUT2D eigenvalue weighted by Gasteiger charge is -2.17. The van der Waals surface area contributed by atoms with E-state index in [4.69, 9.17) is 28.1 Å². The summed E-state index contributed by atoms with van der Waals surface area (Å²) >= 11 is 0. The summed E-state index contributed by atoms with van der Waals surface area (Å²) in [6.45, 7) is 4.41. The first-order valence-corrected chi connectivity index (χ1v) is 5.42. The molecule has 0 aromatic carbocycles. The van der Waals surface area contributed by atoms with Gasteiger partial charge in [-0.2, -0.15) is 0 Å². The molecular weight excluding hydrogens is 230 g/mol. The highest BCUT2D eigenvalue weighted by Gasteiger charge is 2.09. The van der Waals surface area contributed by atoms with Gasteiger partial charge in [0.25, 0.3) is 0 Å². The summed E-state index contributed by atoms with van der Waals surface area (Å²) in [6, 6.07) is 0. The van der Waals surface area contributed by atoms with Crippen LogP contribution in [0.15, 0.2) is 0 Å². The normalized spacial score (nSPS) is 16.7. The Morgan fingerprint density at radius 2 is 1.73 bits per heavy atom. The van der Waals surface area contributed by atoms with Gasteiger partial charge in [-0.1, -0.05) is 0 Å². The molecule has 0 aliphatic carbocycles. The van der Waals surface area contributed by atoms with Gasteiger partial charge in [-0.3, -0.25) is 0 Å². The third kappa shape index (κ3) is 13.7. The van der Waals surface area contributed by atoms with E-state index in [0.717, 1.165) is 26.3 Å². The summed E-state index contributed by atoms with van der Waals surface area (Å²) < 4.78 is 46.3. The van der Waals surface area contributed by atoms with Crippen molar-refractivity contribution in [2.75, 3.05) is 40.0 Å². The molecule has 0 spiro atoms. The van der Waals surface area contributed by atoms with E-state index in [2.05, 4.69) is 10.8 Å². The van der Waals surface area contributed by atoms with Gasteiger partial charge in [0.2, 0.25) is 0 Å². The van der Waals surface area contributed by atoms with Crippen LogP contribution in [0.1, 0.15) is 0 Å². The molecule has 1 aliphatic rings. The maximum Gasteiger partial charge on any atom is 0.165 e. The van der Waals surface area contributed by atoms with Gasteiger partial charge in [0.05, 0.1) is 0 Å². The molecule has 1 saturated heterocycles. The van der Waals surface area contributed by atoms with E-state index in [0.29, 0.717) is 6.61 Å². The topological polar surface area (TPSA) is 114 Å². The summed E-state index contributed by atoms with van der Waals surface area (Å²) in [5.41, 5.74) is 0. The maximum atomic E-state index is 8.49. The van der Waals surface area contributed by atoms with E-state index in [-0.39, 0.29) is 0 Å². The van der Waals surface area contributed by atoms with E-state index in [1.165, 1.54) is 0 Å². The van der Waals surface area contributed by atoms with Crippen LogP contribution >= 0.6 is 0 Å². The Bertz CT molecular complexity index is 178. The number of methoxy groups -OCH3 is 1. The zero-order chi connectivity index (χ0) is 11.7. The van der Waals surface area contributed by atoms with Gasteiger partial charge in [0, 0.05) is 7.11 Å². The zero-order valence-corrected chi connectivity index (χ0v) is 9.14. The summed E-state index contributed by atoms with van der Waals surface area (Å²) in [5.74, 6) is 0. The second-order valence-electron chi connectivity index (χ2n) is 2.66. The van der Waals surface area contributed by atoms with Gasteiger partial charge in [0.15, 0.2) is 19.3 Å². The maximum absolute atomic E-state index is 8.49. The van der Waals surface area contributed by atoms with Crippen LogP contribution in [0.3, 0.4) is 0 Å². The number of morpholine rings is 1. The number of hydrogen-bond donors (Lipinski definition) is 0. The molecule has 0 atom stereocenters. The standard InChI is InChI=1S/C7H14NO2.ClHO4/c1-9-5-2-8-3-6-10-7-4-8;2-1(3,4)5/h2H,3-7H2,1H3;(H,2,3,4,5)/q+1;/p-1. The van der Waals surface area contributed by atoms with Crippen LogP contribution in [0.5, 0.6) is 0 Å². The predicted molar refractivity (Wildman–Crippen MR) is 38.8 cm³/mol. The highest BCUT2D eigenvalue weighted by Crippen LogP contribution is 1.86. The molecule has 0 aromatic rings. The summed E-state index contributed by atoms with van der Waals surface area (Å²) in [4.78, 5) is 0. The summed E-state index contributed by atoms with van der Waals surface area (Å²) in [6.07, 6.45) is 2.07. The molecule has 90 valence electrons. The van der Waals surface area contributed by atoms with Crippen molar-refractivity contribution in [3.8, 4) is 0 Å². The minimum Gasteiger partial charge on any atom is -0.374 e. The first-order chi connectivity index (χ1) is 6.93. The second-order valence-corrected chi connectivity index (χ2v) is 3.42. The largest absolute Gasteiger partial charge is 0.374 e. The van der Waals surface area contributed by atoms with E-state index in [9.17, 15) is 0 Å². The number of hydrogen-bond acceptors (Lipinski definition) is 6. The number of nitrogens with zero attached hydrogens (tertiary/aromatic N) is 1. The Balaban J connectivity index is 0.000000336. The second kappa shape index (κ2) is 7.94. The molecule has 0 N–H and O–H groups in total. The molecule has 1 fully saturated rings. The van der Waals surface area contributed by atoms with Crippen LogP contribution < -0.4 is 18.6 Å². The molecule has 1 rings (SSSR count). The molecule has 0 unspecified atom stereocenters. The van der Waals surface area contributed by atoms with Crippen molar-refractivity contribution in [3.63, 3.8) is 0 Å². The molecule has 0 amide bonds. The lowest BCUT2D eigenvalue weighted by molar-refractivity contribution is -2.00. The van der Waals surface area contributed by atoms with Gasteiger partial charge in [0.1, 0.15) is 19.8 Å². The van der Waals surface area contributed by atoms with Crippen LogP contribution in [0.2, 0.25) is 0 Å². The molecule has 7 nitrogen and oxygen atoms in total. The molecule has 0 saturated carbocycles. The quantitative estimate of drug-likeness (QED) is 0.449. The number of halogens is 1. The third-order valence-electron chi connectivity index (χ3n) is 1.55. The van der Waals surface area contributed by atoms with Crippen molar-refractivity contribution < 1.29 is 42.9 Å². The van der Waals surface area contributed by atoms with E-state index in [1.807, 2.05) is 0 Å². The van der Waals surface area contributed by atoms with Crippen LogP contribution in [0.25, 0.3) is 0 Å². The smallest absolute Gasteiger partial charge is 0.165 e. The Morgan fingerprint density at radius 3 is 2.13 bits per heavy atom. The molecule has 15 heavy (non-hydrogen) atoms. The predicted octanol–water partition coefficient (Wildman–Crippen LogP) is -5.01. The minimum atomic E-state index is -4.94. The van der Waals surface area contributed by atoms with Gasteiger partial charge >= 0.3 is 0 Å². The van der Waals surface area contributed by atoms with Crippen molar-refractivity contribution >= 4 is 6.21 Å². The van der Waals surface area contributed by atoms with Crippen LogP contribution in [-0.4, -0.2) is 50.8 Å². The van der Waals surface area contributed by atoms with Crippen molar-refractivity contribution in [2.45, 2.75) is 0 Å². The lowest BCUT2D eigenvalue weighted by atomic mass is 10.5. The third-order valence-corrected chi connectivity index (χ3v) is 1.55. The van der Waals surface area contributed by atoms with Crippen molar-refractivity contribution in [3.05, 3.63) is 0 Å². The van der Waals surface area contributed by atoms with E-state index >= 15 is 0 Å². The number of rotatable bonds is 2. The molecule has 0 radical (unpaired) electrons. The molecular formula is C7H14ClNO6. The average Bonchev–Trinajstić information content (AvgIpc) is 2.14. The van der Waals surface area contributed by atoms with Crippen LogP contribution in [0.4, 0.5) is 0 Å². The van der Waals surface area contributed by atoms with Gasteiger partial charge in [-0.15, -0.1) is 10.2 Å². The SMILES string of the molecule is COCC=[N+]1CCOCC1.[O-][Cl+3]([O-])([O-])[O-]. The summed E-state index contributed by atoms with van der Waals surface area (Å²) in [5, 5.41) is 0. The van der Waals surface area contributed by atoms with Crippen molar-refractivity contribution in [1.29, 1.82) is 0 Å². The van der Waals surface area contributed by atoms with Crippen LogP contribution in [0, 0.1) is 10.2 Å². The fraction of sp³-hybridized carbons (Fsp3) is 0.857. The Labute approximate surface area is 89.9 Å². The van der Waals surface area contributed by atoms with Gasteiger partial charge in [-0.05, 0) is 0 Å². The minimum absolute atomic E-state index is 0.708. The number of ether oxygens (including phenoxy) is 2. The molecule has 1 heterocycles. The first-order valence-electron chi connectivity index (χ1n) is 4.19. The van der Waals surface area contributed by atoms with Crippen molar-refractivity contribution in [1.82, 2.24) is 0 Å². The van der Waals surface area contributed by atoms with E-state index in [1.54, 1.807) is 7.11 Å². The summed E-state index contributed by atoms with van der Waals surface area (Å²) in [7, 11) is -3.24. The Morgan fingerprint density at radius 1 is 1.27 bits per heavy atom. The molecule has 0 aromatic heterocycles. The van der Waals surface area contributed by atoms with Gasteiger partial charge < -0.3 is 9.47 Å². The first kappa shape index (κ1) is 14.7. The average molecular weight is 244 g/mol. The Hall–Kier alpha value is -0.280. The zero-order valence-electron chi connectivity index (χ0n) is 8.39. The highest BCUT2D eigenvalue weighted by molar-refractivity contribution is 5.52. The highest BCUT2D eigenvalue weighted by atomic mass is 35.7. The fourth-order valence-electron chi connectivity index (χ4n) is 0.940. The lowest BCUT2D eigenvalue weighted by Crippen LogP contribution is -2.68. The fourth-order valence-corrected chi connectivity index (χ4v) is 0.940. The molecule has 0 bridgehead atoms. The van der Waals surface area contributed by atoms with Crippen molar-refractivity contribution in [2.24, 2.45) is 0 Å². The van der Waals surface area contributed by atoms with Crippen LogP contribution in [-0.2, 0) is 9.47 Å². The monoisotopic (exact) mass is 243 g/mol.